The average molecular weight is 500 g/mol. The molecule has 1 fully saturated rings. The predicted molar refractivity (Wildman–Crippen MR) is 130 cm³/mol. The summed E-state index contributed by atoms with van der Waals surface area (Å²) in [5.74, 6) is 2.04. The molecule has 4 aromatic rings. The number of hydrogen-bond donors (Lipinski definition) is 1. The molecule has 7 nitrogen and oxygen atoms in total. The number of oxazole rings is 1. The number of halogens is 3. The maximum absolute atomic E-state index is 13.1. The number of fused-ring (bicyclic) bond motifs is 1. The van der Waals surface area contributed by atoms with Gasteiger partial charge in [0, 0.05) is 30.3 Å². The Morgan fingerprint density at radius 2 is 1.86 bits per heavy atom. The fourth-order valence-electron chi connectivity index (χ4n) is 4.95. The van der Waals surface area contributed by atoms with E-state index >= 15 is 0 Å². The van der Waals surface area contributed by atoms with E-state index in [4.69, 9.17) is 9.40 Å². The van der Waals surface area contributed by atoms with Gasteiger partial charge in [-0.05, 0) is 56.5 Å². The third-order valence-corrected chi connectivity index (χ3v) is 6.84. The van der Waals surface area contributed by atoms with Crippen molar-refractivity contribution >= 4 is 16.9 Å². The van der Waals surface area contributed by atoms with Crippen molar-refractivity contribution in [3.8, 4) is 11.4 Å². The number of rotatable bonds is 6. The Morgan fingerprint density at radius 3 is 2.47 bits per heavy atom. The van der Waals surface area contributed by atoms with Crippen molar-refractivity contribution in [2.45, 2.75) is 70.9 Å². The molecule has 0 radical (unpaired) electrons. The van der Waals surface area contributed by atoms with Gasteiger partial charge in [0.05, 0.1) is 23.3 Å². The molecule has 0 bridgehead atoms. The predicted octanol–water partition coefficient (Wildman–Crippen LogP) is 5.67. The van der Waals surface area contributed by atoms with Gasteiger partial charge in [-0.1, -0.05) is 13.0 Å². The van der Waals surface area contributed by atoms with Gasteiger partial charge in [0.2, 0.25) is 0 Å². The van der Waals surface area contributed by atoms with Crippen LogP contribution in [0.4, 0.5) is 19.0 Å². The topological polar surface area (TPSA) is 80.2 Å². The molecule has 4 heterocycles. The van der Waals surface area contributed by atoms with Crippen LogP contribution in [-0.4, -0.2) is 42.9 Å². The largest absolute Gasteiger partial charge is 0.449 e. The van der Waals surface area contributed by atoms with Crippen LogP contribution in [0, 0.1) is 0 Å². The quantitative estimate of drug-likeness (QED) is 0.368. The van der Waals surface area contributed by atoms with E-state index in [1.807, 2.05) is 23.6 Å². The Hall–Kier alpha value is -3.40. The molecule has 0 spiro atoms. The number of pyridine rings is 1. The fourth-order valence-corrected chi connectivity index (χ4v) is 4.95. The fraction of sp³-hybridized carbons (Fsp3) is 0.423. The van der Waals surface area contributed by atoms with Gasteiger partial charge in [-0.3, -0.25) is 0 Å². The number of hydrogen-bond acceptors (Lipinski definition) is 6. The Morgan fingerprint density at radius 1 is 1.11 bits per heavy atom. The molecule has 36 heavy (non-hydrogen) atoms. The molecule has 0 saturated carbocycles. The molecule has 1 N–H and O–H groups in total. The summed E-state index contributed by atoms with van der Waals surface area (Å²) < 4.78 is 46.7. The zero-order chi connectivity index (χ0) is 25.6. The summed E-state index contributed by atoms with van der Waals surface area (Å²) in [6, 6.07) is 8.81. The first kappa shape index (κ1) is 24.3. The normalized spacial score (nSPS) is 19.4. The number of benzene rings is 1. The minimum atomic E-state index is -4.76. The summed E-state index contributed by atoms with van der Waals surface area (Å²) in [6.07, 6.45) is -1.14. The third-order valence-electron chi connectivity index (χ3n) is 6.84. The van der Waals surface area contributed by atoms with Gasteiger partial charge in [-0.25, -0.2) is 15.0 Å². The van der Waals surface area contributed by atoms with Gasteiger partial charge in [0.15, 0.2) is 12.0 Å². The standard InChI is InChI=1S/C26H28F3N5O2/c1-4-23-31-19(14-36-23)13-33-21-9-7-17(24(35)26(27,28)29)11-20(21)32-25(33)18-8-10-22(30-12-18)34-15(2)5-6-16(34)3/h7-12,14-16,24,35H,4-6,13H2,1-3H3/t15-,16-,24?/m0/s1. The van der Waals surface area contributed by atoms with Gasteiger partial charge in [0.1, 0.15) is 17.9 Å². The molecule has 3 aromatic heterocycles. The second-order valence-electron chi connectivity index (χ2n) is 9.39. The highest BCUT2D eigenvalue weighted by molar-refractivity contribution is 5.81. The highest BCUT2D eigenvalue weighted by Crippen LogP contribution is 2.35. The van der Waals surface area contributed by atoms with Crippen molar-refractivity contribution in [3.63, 3.8) is 0 Å². The first-order valence-corrected chi connectivity index (χ1v) is 12.1. The third kappa shape index (κ3) is 4.45. The zero-order valence-corrected chi connectivity index (χ0v) is 20.3. The van der Waals surface area contributed by atoms with Gasteiger partial charge in [-0.15, -0.1) is 0 Å². The maximum atomic E-state index is 13.1. The molecular formula is C26H28F3N5O2. The highest BCUT2D eigenvalue weighted by Gasteiger charge is 2.39. The van der Waals surface area contributed by atoms with Gasteiger partial charge >= 0.3 is 6.18 Å². The second kappa shape index (κ2) is 9.24. The summed E-state index contributed by atoms with van der Waals surface area (Å²) in [4.78, 5) is 16.1. The number of aromatic nitrogens is 4. The summed E-state index contributed by atoms with van der Waals surface area (Å²) in [5, 5.41) is 9.76. The molecule has 0 amide bonds. The first-order chi connectivity index (χ1) is 17.2. The smallest absolute Gasteiger partial charge is 0.418 e. The van der Waals surface area contributed by atoms with Gasteiger partial charge in [-0.2, -0.15) is 13.2 Å². The van der Waals surface area contributed by atoms with Crippen LogP contribution in [0.25, 0.3) is 22.4 Å². The summed E-state index contributed by atoms with van der Waals surface area (Å²) >= 11 is 0. The van der Waals surface area contributed by atoms with E-state index in [-0.39, 0.29) is 5.56 Å². The molecule has 190 valence electrons. The van der Waals surface area contributed by atoms with Crippen molar-refractivity contribution in [1.82, 2.24) is 19.5 Å². The minimum absolute atomic E-state index is 0.258. The zero-order valence-electron chi connectivity index (χ0n) is 20.3. The van der Waals surface area contributed by atoms with E-state index in [2.05, 4.69) is 28.7 Å². The molecule has 3 atom stereocenters. The molecule has 1 aromatic carbocycles. The number of aryl methyl sites for hydroxylation is 1. The average Bonchev–Trinajstić information content (AvgIpc) is 3.55. The first-order valence-electron chi connectivity index (χ1n) is 12.1. The number of nitrogens with zero attached hydrogens (tertiary/aromatic N) is 5. The Bertz CT molecular complexity index is 1350. The van der Waals surface area contributed by atoms with E-state index in [0.717, 1.165) is 24.2 Å². The number of anilines is 1. The molecule has 1 aliphatic rings. The molecule has 10 heteroatoms. The summed E-state index contributed by atoms with van der Waals surface area (Å²) in [7, 11) is 0. The van der Waals surface area contributed by atoms with Crippen molar-refractivity contribution in [3.05, 3.63) is 59.9 Å². The number of aliphatic hydroxyl groups is 1. The highest BCUT2D eigenvalue weighted by atomic mass is 19.4. The maximum Gasteiger partial charge on any atom is 0.418 e. The van der Waals surface area contributed by atoms with E-state index in [9.17, 15) is 18.3 Å². The van der Waals surface area contributed by atoms with E-state index < -0.39 is 12.3 Å². The minimum Gasteiger partial charge on any atom is -0.449 e. The Balaban J connectivity index is 1.57. The Kier molecular flexibility index (Phi) is 6.23. The van der Waals surface area contributed by atoms with Crippen molar-refractivity contribution < 1.29 is 22.7 Å². The van der Waals surface area contributed by atoms with Crippen molar-refractivity contribution in [1.29, 1.82) is 0 Å². The van der Waals surface area contributed by atoms with Crippen LogP contribution in [0.2, 0.25) is 0 Å². The van der Waals surface area contributed by atoms with Crippen molar-refractivity contribution in [2.24, 2.45) is 0 Å². The molecule has 1 saturated heterocycles. The lowest BCUT2D eigenvalue weighted by Gasteiger charge is -2.27. The molecular weight excluding hydrogens is 471 g/mol. The number of aliphatic hydroxyl groups excluding tert-OH is 1. The molecule has 1 aliphatic heterocycles. The lowest BCUT2D eigenvalue weighted by Crippen LogP contribution is -2.33. The summed E-state index contributed by atoms with van der Waals surface area (Å²) in [6.45, 7) is 6.64. The second-order valence-corrected chi connectivity index (χ2v) is 9.39. The van der Waals surface area contributed by atoms with Crippen LogP contribution in [0.3, 0.4) is 0 Å². The molecule has 5 rings (SSSR count). The van der Waals surface area contributed by atoms with Crippen LogP contribution >= 0.6 is 0 Å². The van der Waals surface area contributed by atoms with Gasteiger partial charge < -0.3 is 19.0 Å². The monoisotopic (exact) mass is 499 g/mol. The van der Waals surface area contributed by atoms with E-state index in [1.54, 1.807) is 18.5 Å². The van der Waals surface area contributed by atoms with Crippen LogP contribution in [0.1, 0.15) is 56.9 Å². The SMILES string of the molecule is CCc1nc(Cn2c(-c3ccc(N4[C@@H](C)CC[C@@H]4C)nc3)nc3cc(C(O)C(F)(F)F)ccc32)co1. The van der Waals surface area contributed by atoms with Crippen LogP contribution < -0.4 is 4.90 Å². The van der Waals surface area contributed by atoms with Gasteiger partial charge in [0.25, 0.3) is 0 Å². The number of alkyl halides is 3. The molecule has 1 unspecified atom stereocenters. The molecule has 0 aliphatic carbocycles. The van der Waals surface area contributed by atoms with E-state index in [1.165, 1.54) is 12.1 Å². The lowest BCUT2D eigenvalue weighted by molar-refractivity contribution is -0.206. The van der Waals surface area contributed by atoms with Crippen LogP contribution in [-0.2, 0) is 13.0 Å². The number of imidazole rings is 1. The lowest BCUT2D eigenvalue weighted by atomic mass is 10.1. The summed E-state index contributed by atoms with van der Waals surface area (Å²) in [5.41, 5.74) is 2.11. The van der Waals surface area contributed by atoms with Crippen LogP contribution in [0.5, 0.6) is 0 Å². The van der Waals surface area contributed by atoms with Crippen molar-refractivity contribution in [2.75, 3.05) is 4.90 Å². The van der Waals surface area contributed by atoms with Crippen LogP contribution in [0.15, 0.2) is 47.2 Å². The Labute approximate surface area is 206 Å². The van der Waals surface area contributed by atoms with E-state index in [0.29, 0.717) is 53.5 Å².